The lowest BCUT2D eigenvalue weighted by atomic mass is 9.91. The maximum atomic E-state index is 13.4. The summed E-state index contributed by atoms with van der Waals surface area (Å²) in [6.45, 7) is 0. The van der Waals surface area contributed by atoms with Gasteiger partial charge in [-0.2, -0.15) is 0 Å². The maximum absolute atomic E-state index is 13.4. The number of Topliss-reactive ketones (excluding diaryl/α,β-unsaturated/α-hetero) is 2. The van der Waals surface area contributed by atoms with Gasteiger partial charge in [0.25, 0.3) is 0 Å². The molecule has 0 saturated carbocycles. The van der Waals surface area contributed by atoms with Crippen LogP contribution in [0.3, 0.4) is 0 Å². The molecule has 1 aliphatic heterocycles. The van der Waals surface area contributed by atoms with Crippen molar-refractivity contribution in [2.75, 3.05) is 4.90 Å². The molecule has 3 aromatic rings. The molecule has 6 heteroatoms. The van der Waals surface area contributed by atoms with Gasteiger partial charge in [-0.15, -0.1) is 0 Å². The summed E-state index contributed by atoms with van der Waals surface area (Å²) in [7, 11) is 0. The summed E-state index contributed by atoms with van der Waals surface area (Å²) in [4.78, 5) is 27.9. The van der Waals surface area contributed by atoms with Crippen molar-refractivity contribution in [2.45, 2.75) is 6.42 Å². The van der Waals surface area contributed by atoms with Crippen LogP contribution in [0.25, 0.3) is 0 Å². The number of ketones is 2. The summed E-state index contributed by atoms with van der Waals surface area (Å²) < 4.78 is 13.4. The largest absolute Gasteiger partial charge is 0.323 e. The number of rotatable bonds is 5. The van der Waals surface area contributed by atoms with Gasteiger partial charge in [0.05, 0.1) is 0 Å². The van der Waals surface area contributed by atoms with E-state index in [4.69, 9.17) is 23.2 Å². The first-order valence-electron chi connectivity index (χ1n) is 9.46. The molecule has 0 fully saturated rings. The lowest BCUT2D eigenvalue weighted by molar-refractivity contribution is 0.102. The van der Waals surface area contributed by atoms with E-state index in [-0.39, 0.29) is 23.8 Å². The van der Waals surface area contributed by atoms with Crippen molar-refractivity contribution in [3.05, 3.63) is 123 Å². The Labute approximate surface area is 189 Å². The minimum Gasteiger partial charge on any atom is -0.323 e. The Morgan fingerprint density at radius 2 is 1.10 bits per heavy atom. The fourth-order valence-electron chi connectivity index (χ4n) is 3.28. The topological polar surface area (TPSA) is 37.4 Å². The molecule has 0 bridgehead atoms. The Kier molecular flexibility index (Phi) is 6.03. The van der Waals surface area contributed by atoms with Crippen LogP contribution in [0.4, 0.5) is 10.1 Å². The molecule has 1 heterocycles. The molecule has 0 spiro atoms. The first kappa shape index (κ1) is 21.0. The summed E-state index contributed by atoms with van der Waals surface area (Å²) in [5.74, 6) is -0.791. The first-order chi connectivity index (χ1) is 14.9. The van der Waals surface area contributed by atoms with Gasteiger partial charge in [-0.1, -0.05) is 23.2 Å². The molecule has 0 aliphatic carbocycles. The number of hydrogen-bond acceptors (Lipinski definition) is 3. The number of nitrogens with zero attached hydrogens (tertiary/aromatic N) is 1. The monoisotopic (exact) mass is 451 g/mol. The number of anilines is 1. The normalized spacial score (nSPS) is 13.5. The molecule has 154 valence electrons. The van der Waals surface area contributed by atoms with Crippen LogP contribution in [-0.4, -0.2) is 11.6 Å². The molecule has 3 aromatic carbocycles. The molecule has 1 aliphatic rings. The second kappa shape index (κ2) is 8.88. The van der Waals surface area contributed by atoms with Crippen LogP contribution in [0.1, 0.15) is 27.1 Å². The van der Waals surface area contributed by atoms with Gasteiger partial charge in [-0.3, -0.25) is 9.59 Å². The predicted octanol–water partition coefficient (Wildman–Crippen LogP) is 6.88. The summed E-state index contributed by atoms with van der Waals surface area (Å²) in [5.41, 5.74) is 2.44. The zero-order valence-corrected chi connectivity index (χ0v) is 17.7. The highest BCUT2D eigenvalue weighted by Gasteiger charge is 2.24. The average Bonchev–Trinajstić information content (AvgIpc) is 2.79. The minimum absolute atomic E-state index is 0.167. The quantitative estimate of drug-likeness (QED) is 0.396. The van der Waals surface area contributed by atoms with Gasteiger partial charge in [0.15, 0.2) is 11.6 Å². The maximum Gasteiger partial charge on any atom is 0.190 e. The van der Waals surface area contributed by atoms with Crippen LogP contribution in [0.5, 0.6) is 0 Å². The predicted molar refractivity (Wildman–Crippen MR) is 121 cm³/mol. The van der Waals surface area contributed by atoms with Crippen LogP contribution in [0, 0.1) is 5.82 Å². The number of allylic oxidation sites excluding steroid dienone is 2. The molecule has 0 atom stereocenters. The fraction of sp³-hybridized carbons (Fsp3) is 0.0400. The fourth-order valence-corrected chi connectivity index (χ4v) is 3.53. The van der Waals surface area contributed by atoms with E-state index in [9.17, 15) is 14.0 Å². The van der Waals surface area contributed by atoms with Gasteiger partial charge in [0, 0.05) is 56.8 Å². The van der Waals surface area contributed by atoms with Crippen molar-refractivity contribution < 1.29 is 14.0 Å². The van der Waals surface area contributed by atoms with Crippen molar-refractivity contribution in [1.82, 2.24) is 0 Å². The van der Waals surface area contributed by atoms with Crippen LogP contribution < -0.4 is 4.90 Å². The molecule has 31 heavy (non-hydrogen) atoms. The van der Waals surface area contributed by atoms with Gasteiger partial charge in [-0.25, -0.2) is 4.39 Å². The van der Waals surface area contributed by atoms with E-state index in [1.165, 1.54) is 12.1 Å². The smallest absolute Gasteiger partial charge is 0.190 e. The van der Waals surface area contributed by atoms with E-state index >= 15 is 0 Å². The third-order valence-electron chi connectivity index (χ3n) is 4.89. The van der Waals surface area contributed by atoms with Crippen molar-refractivity contribution >= 4 is 40.5 Å². The summed E-state index contributed by atoms with van der Waals surface area (Å²) >= 11 is 11.9. The highest BCUT2D eigenvalue weighted by atomic mass is 35.5. The van der Waals surface area contributed by atoms with E-state index in [2.05, 4.69) is 0 Å². The van der Waals surface area contributed by atoms with E-state index in [1.807, 2.05) is 0 Å². The van der Waals surface area contributed by atoms with E-state index in [0.717, 1.165) is 0 Å². The molecule has 0 amide bonds. The Morgan fingerprint density at radius 3 is 1.52 bits per heavy atom. The highest BCUT2D eigenvalue weighted by molar-refractivity contribution is 6.31. The van der Waals surface area contributed by atoms with E-state index in [0.29, 0.717) is 38.0 Å². The van der Waals surface area contributed by atoms with Gasteiger partial charge < -0.3 is 4.90 Å². The van der Waals surface area contributed by atoms with Crippen molar-refractivity contribution in [1.29, 1.82) is 0 Å². The number of halogens is 3. The van der Waals surface area contributed by atoms with Crippen LogP contribution >= 0.6 is 23.2 Å². The average molecular weight is 452 g/mol. The molecular formula is C25H16Cl2FNO2. The zero-order valence-electron chi connectivity index (χ0n) is 16.2. The number of benzene rings is 3. The second-order valence-electron chi connectivity index (χ2n) is 7.04. The van der Waals surface area contributed by atoms with Crippen molar-refractivity contribution in [3.8, 4) is 0 Å². The first-order valence-corrected chi connectivity index (χ1v) is 10.2. The second-order valence-corrected chi connectivity index (χ2v) is 7.91. The highest BCUT2D eigenvalue weighted by Crippen LogP contribution is 2.29. The number of carbonyl (C=O) groups excluding carboxylic acids is 2. The Balaban J connectivity index is 1.72. The Morgan fingerprint density at radius 1 is 0.677 bits per heavy atom. The van der Waals surface area contributed by atoms with Gasteiger partial charge in [0.2, 0.25) is 0 Å². The third-order valence-corrected chi connectivity index (χ3v) is 5.40. The zero-order chi connectivity index (χ0) is 22.0. The van der Waals surface area contributed by atoms with Crippen LogP contribution in [-0.2, 0) is 0 Å². The summed E-state index contributed by atoms with van der Waals surface area (Å²) in [6, 6.07) is 19.0. The molecule has 4 rings (SSSR count). The van der Waals surface area contributed by atoms with Crippen LogP contribution in [0.15, 0.2) is 96.3 Å². The molecule has 0 radical (unpaired) electrons. The Bertz CT molecular complexity index is 1120. The number of hydrogen-bond donors (Lipinski definition) is 0. The summed E-state index contributed by atoms with van der Waals surface area (Å²) in [6.07, 6.45) is 3.51. The molecular weight excluding hydrogens is 436 g/mol. The molecule has 0 aromatic heterocycles. The summed E-state index contributed by atoms with van der Waals surface area (Å²) in [5, 5.41) is 1.06. The van der Waals surface area contributed by atoms with Crippen LogP contribution in [0.2, 0.25) is 10.0 Å². The molecule has 0 N–H and O–H groups in total. The molecule has 3 nitrogen and oxygen atoms in total. The molecule has 0 unspecified atom stereocenters. The lowest BCUT2D eigenvalue weighted by Crippen LogP contribution is -2.21. The van der Waals surface area contributed by atoms with Gasteiger partial charge in [-0.05, 0) is 72.8 Å². The lowest BCUT2D eigenvalue weighted by Gasteiger charge is -2.25. The van der Waals surface area contributed by atoms with Crippen molar-refractivity contribution in [2.24, 2.45) is 0 Å². The van der Waals surface area contributed by atoms with E-state index < -0.39 is 0 Å². The van der Waals surface area contributed by atoms with Crippen molar-refractivity contribution in [3.63, 3.8) is 0 Å². The number of carbonyl (C=O) groups is 2. The van der Waals surface area contributed by atoms with E-state index in [1.54, 1.807) is 78.0 Å². The SMILES string of the molecule is O=C(C1=CN(c2ccc(F)cc2)C=C(C(=O)c2ccc(Cl)cc2)C1)c1ccc(Cl)cc1. The Hall–Kier alpha value is -3.21. The standard InChI is InChI=1S/C25H16Cl2FNO2/c26-20-5-1-16(2-6-20)24(30)18-13-19(25(31)17-3-7-21(27)8-4-17)15-29(14-18)23-11-9-22(28)10-12-23/h1-12,14-15H,13H2. The minimum atomic E-state index is -0.372. The van der Waals surface area contributed by atoms with Gasteiger partial charge >= 0.3 is 0 Å². The third kappa shape index (κ3) is 4.76. The molecule has 0 saturated heterocycles. The van der Waals surface area contributed by atoms with Gasteiger partial charge in [0.1, 0.15) is 5.82 Å².